The maximum atomic E-state index is 4.67. The molecule has 0 rings (SSSR count). The molecule has 0 atom stereocenters. The summed E-state index contributed by atoms with van der Waals surface area (Å²) in [6.45, 7) is 2.86. The third kappa shape index (κ3) is 2.58. The molecule has 0 saturated carbocycles. The second kappa shape index (κ2) is 3.58. The standard InChI is InChI=1S/C2H5O.Zn/c1-2-3;/h2H2,1H3;/q-1;+1. The molecule has 0 heterocycles. The first-order chi connectivity index (χ1) is 1.91. The summed E-state index contributed by atoms with van der Waals surface area (Å²) in [4.78, 5) is 0. The van der Waals surface area contributed by atoms with Crippen LogP contribution in [0.5, 0.6) is 0 Å². The van der Waals surface area contributed by atoms with E-state index in [2.05, 4.69) is 3.56 Å². The van der Waals surface area contributed by atoms with Crippen molar-refractivity contribution in [1.82, 2.24) is 0 Å². The molecular formula is C2H5OZn. The zero-order valence-electron chi connectivity index (χ0n) is 2.82. The SMILES string of the molecule is CC[O][Zn]. The number of rotatable bonds is 1. The molecule has 0 aliphatic rings. The van der Waals surface area contributed by atoms with E-state index in [0.29, 0.717) is 0 Å². The van der Waals surface area contributed by atoms with Gasteiger partial charge in [-0.25, -0.2) is 0 Å². The van der Waals surface area contributed by atoms with E-state index in [0.717, 1.165) is 25.3 Å². The van der Waals surface area contributed by atoms with Crippen molar-refractivity contribution in [3.05, 3.63) is 0 Å². The van der Waals surface area contributed by atoms with Crippen molar-refractivity contribution in [3.8, 4) is 0 Å². The first-order valence-corrected chi connectivity index (χ1v) is 2.50. The minimum atomic E-state index is 0.875. The van der Waals surface area contributed by atoms with Crippen molar-refractivity contribution in [2.24, 2.45) is 0 Å². The fraction of sp³-hybridized carbons (Fsp3) is 1.00. The van der Waals surface area contributed by atoms with E-state index in [-0.39, 0.29) is 0 Å². The fourth-order valence-corrected chi connectivity index (χ4v) is 0. The van der Waals surface area contributed by atoms with Gasteiger partial charge in [-0.15, -0.1) is 0 Å². The molecule has 0 unspecified atom stereocenters. The summed E-state index contributed by atoms with van der Waals surface area (Å²) in [5, 5.41) is 0. The number of hydrogen-bond acceptors (Lipinski definition) is 1. The van der Waals surface area contributed by atoms with Crippen LogP contribution in [0.15, 0.2) is 0 Å². The van der Waals surface area contributed by atoms with Gasteiger partial charge in [-0.1, -0.05) is 0 Å². The summed E-state index contributed by atoms with van der Waals surface area (Å²) < 4.78 is 4.67. The molecule has 0 aliphatic carbocycles. The second-order valence-corrected chi connectivity index (χ2v) is 1.35. The van der Waals surface area contributed by atoms with Crippen LogP contribution in [-0.4, -0.2) is 6.61 Å². The molecule has 0 radical (unpaired) electrons. The molecule has 0 amide bonds. The van der Waals surface area contributed by atoms with Crippen molar-refractivity contribution in [2.75, 3.05) is 6.61 Å². The summed E-state index contributed by atoms with van der Waals surface area (Å²) in [5.74, 6) is 0. The van der Waals surface area contributed by atoms with Gasteiger partial charge in [-0.2, -0.15) is 0 Å². The van der Waals surface area contributed by atoms with E-state index in [1.54, 1.807) is 0 Å². The zero-order chi connectivity index (χ0) is 3.41. The van der Waals surface area contributed by atoms with Crippen molar-refractivity contribution in [3.63, 3.8) is 0 Å². The van der Waals surface area contributed by atoms with Gasteiger partial charge in [0.1, 0.15) is 0 Å². The summed E-state index contributed by atoms with van der Waals surface area (Å²) in [6, 6.07) is 0. The van der Waals surface area contributed by atoms with Gasteiger partial charge in [0.05, 0.1) is 0 Å². The fourth-order valence-electron chi connectivity index (χ4n) is 0. The molecule has 1 nitrogen and oxygen atoms in total. The molecule has 0 fully saturated rings. The zero-order valence-corrected chi connectivity index (χ0v) is 5.79. The van der Waals surface area contributed by atoms with Gasteiger partial charge in [-0.05, 0) is 0 Å². The molecule has 0 N–H and O–H groups in total. The third-order valence-electron chi connectivity index (χ3n) is 0.204. The molecule has 0 aliphatic heterocycles. The molecule has 2 heteroatoms. The molecule has 0 spiro atoms. The average molecular weight is 110 g/mol. The molecule has 0 aromatic heterocycles. The van der Waals surface area contributed by atoms with Crippen LogP contribution in [0, 0.1) is 0 Å². The molecule has 0 saturated heterocycles. The van der Waals surface area contributed by atoms with Crippen molar-refractivity contribution >= 4 is 0 Å². The van der Waals surface area contributed by atoms with E-state index >= 15 is 0 Å². The van der Waals surface area contributed by atoms with Gasteiger partial charge in [0.15, 0.2) is 0 Å². The van der Waals surface area contributed by atoms with Gasteiger partial charge in [-0.3, -0.25) is 0 Å². The Hall–Kier alpha value is 0.583. The summed E-state index contributed by atoms with van der Waals surface area (Å²) in [7, 11) is 0. The van der Waals surface area contributed by atoms with Gasteiger partial charge in [0, 0.05) is 0 Å². The van der Waals surface area contributed by atoms with E-state index in [4.69, 9.17) is 0 Å². The molecule has 21 valence electrons. The van der Waals surface area contributed by atoms with E-state index in [1.165, 1.54) is 0 Å². The summed E-state index contributed by atoms with van der Waals surface area (Å²) >= 11 is 0.969. The van der Waals surface area contributed by atoms with Crippen molar-refractivity contribution < 1.29 is 22.2 Å². The normalized spacial score (nSPS) is 7.75. The Morgan fingerprint density at radius 2 is 2.25 bits per heavy atom. The first kappa shape index (κ1) is 4.58. The summed E-state index contributed by atoms with van der Waals surface area (Å²) in [6.07, 6.45) is 0. The van der Waals surface area contributed by atoms with Gasteiger partial charge in [0.25, 0.3) is 0 Å². The molecular weight excluding hydrogens is 105 g/mol. The van der Waals surface area contributed by atoms with Crippen LogP contribution >= 0.6 is 0 Å². The molecule has 0 aromatic rings. The summed E-state index contributed by atoms with van der Waals surface area (Å²) in [5.41, 5.74) is 0. The van der Waals surface area contributed by atoms with Crippen LogP contribution in [0.2, 0.25) is 0 Å². The molecule has 0 bridgehead atoms. The predicted molar refractivity (Wildman–Crippen MR) is 11.6 cm³/mol. The topological polar surface area (TPSA) is 9.23 Å². The van der Waals surface area contributed by atoms with E-state index in [9.17, 15) is 0 Å². The maximum absolute atomic E-state index is 4.67. The Labute approximate surface area is 36.4 Å². The second-order valence-electron chi connectivity index (χ2n) is 0.493. The van der Waals surface area contributed by atoms with Crippen LogP contribution in [0.25, 0.3) is 0 Å². The molecule has 4 heavy (non-hydrogen) atoms. The van der Waals surface area contributed by atoms with E-state index in [1.807, 2.05) is 6.92 Å². The quantitative estimate of drug-likeness (QED) is 0.446. The third-order valence-corrected chi connectivity index (χ3v) is 1.06. The Bertz CT molecular complexity index is 8.00. The Morgan fingerprint density at radius 1 is 2.00 bits per heavy atom. The van der Waals surface area contributed by atoms with Crippen LogP contribution < -0.4 is 0 Å². The Balaban J connectivity index is 1.97. The first-order valence-electron chi connectivity index (χ1n) is 1.28. The van der Waals surface area contributed by atoms with Crippen LogP contribution in [0.1, 0.15) is 6.92 Å². The average Bonchev–Trinajstić information content (AvgIpc) is 1.37. The van der Waals surface area contributed by atoms with Crippen LogP contribution in [-0.2, 0) is 22.2 Å². The van der Waals surface area contributed by atoms with Crippen molar-refractivity contribution in [1.29, 1.82) is 0 Å². The van der Waals surface area contributed by atoms with Crippen LogP contribution in [0.3, 0.4) is 0 Å². The van der Waals surface area contributed by atoms with Crippen LogP contribution in [0.4, 0.5) is 0 Å². The Kier molecular flexibility index (Phi) is 4.11. The molecule has 0 aromatic carbocycles. The van der Waals surface area contributed by atoms with Gasteiger partial charge < -0.3 is 0 Å². The minimum absolute atomic E-state index is 0.875. The monoisotopic (exact) mass is 109 g/mol. The van der Waals surface area contributed by atoms with Gasteiger partial charge in [0.2, 0.25) is 0 Å². The van der Waals surface area contributed by atoms with Crippen molar-refractivity contribution in [2.45, 2.75) is 6.92 Å². The predicted octanol–water partition coefficient (Wildman–Crippen LogP) is 0.485. The van der Waals surface area contributed by atoms with E-state index < -0.39 is 0 Å². The number of hydrogen-bond donors (Lipinski definition) is 0. The Morgan fingerprint density at radius 3 is 2.25 bits per heavy atom. The van der Waals surface area contributed by atoms with Gasteiger partial charge >= 0.3 is 35.8 Å².